The summed E-state index contributed by atoms with van der Waals surface area (Å²) >= 11 is 0. The quantitative estimate of drug-likeness (QED) is 0.254. The van der Waals surface area contributed by atoms with Gasteiger partial charge in [-0.2, -0.15) is 0 Å². The number of ether oxygens (including phenoxy) is 1. The highest BCUT2D eigenvalue weighted by Crippen LogP contribution is 2.08. The first-order valence-electron chi connectivity index (χ1n) is 5.37. The smallest absolute Gasteiger partial charge is 0.305 e. The van der Waals surface area contributed by atoms with Crippen LogP contribution in [0.15, 0.2) is 29.4 Å². The van der Waals surface area contributed by atoms with E-state index in [9.17, 15) is 9.59 Å². The van der Waals surface area contributed by atoms with E-state index < -0.39 is 0 Å². The van der Waals surface area contributed by atoms with Gasteiger partial charge in [-0.25, -0.2) is 0 Å². The van der Waals surface area contributed by atoms with Gasteiger partial charge in [-0.3, -0.25) is 9.59 Å². The van der Waals surface area contributed by atoms with Crippen molar-refractivity contribution in [2.75, 3.05) is 13.7 Å². The van der Waals surface area contributed by atoms with Crippen LogP contribution in [0.2, 0.25) is 0 Å². The topological polar surface area (TPSA) is 92.1 Å². The Morgan fingerprint density at radius 3 is 2.56 bits per heavy atom. The van der Waals surface area contributed by atoms with Crippen molar-refractivity contribution >= 4 is 11.8 Å². The molecular weight excluding hydrogens is 234 g/mol. The van der Waals surface area contributed by atoms with Crippen molar-refractivity contribution in [3.8, 4) is 0 Å². The summed E-state index contributed by atoms with van der Waals surface area (Å²) < 4.78 is 4.54. The zero-order valence-corrected chi connectivity index (χ0v) is 10.00. The van der Waals surface area contributed by atoms with E-state index in [0.29, 0.717) is 18.4 Å². The number of benzene rings is 1. The Morgan fingerprint density at radius 1 is 1.33 bits per heavy atom. The SMILES string of the molecule is COC(=O)CCc1ccc(C(=O)CN=[N+]=[N-])cc1. The van der Waals surface area contributed by atoms with Gasteiger partial charge < -0.3 is 4.74 Å². The van der Waals surface area contributed by atoms with Crippen molar-refractivity contribution in [2.24, 2.45) is 5.11 Å². The van der Waals surface area contributed by atoms with Crippen molar-refractivity contribution in [2.45, 2.75) is 12.8 Å². The Hall–Kier alpha value is -2.33. The highest BCUT2D eigenvalue weighted by Gasteiger charge is 2.05. The Bertz CT molecular complexity index is 476. The molecule has 1 aromatic rings. The zero-order valence-electron chi connectivity index (χ0n) is 10.00. The number of hydrogen-bond donors (Lipinski definition) is 0. The van der Waals surface area contributed by atoms with E-state index in [0.717, 1.165) is 5.56 Å². The number of esters is 1. The van der Waals surface area contributed by atoms with E-state index in [4.69, 9.17) is 5.53 Å². The van der Waals surface area contributed by atoms with Crippen LogP contribution in [0.25, 0.3) is 10.4 Å². The molecule has 0 spiro atoms. The Morgan fingerprint density at radius 2 is 2.00 bits per heavy atom. The summed E-state index contributed by atoms with van der Waals surface area (Å²) in [5.41, 5.74) is 9.55. The van der Waals surface area contributed by atoms with Crippen LogP contribution in [-0.4, -0.2) is 25.4 Å². The van der Waals surface area contributed by atoms with Crippen LogP contribution in [0, 0.1) is 0 Å². The molecule has 0 aliphatic heterocycles. The molecule has 94 valence electrons. The van der Waals surface area contributed by atoms with Crippen molar-refractivity contribution in [1.82, 2.24) is 0 Å². The lowest BCUT2D eigenvalue weighted by Crippen LogP contribution is -2.04. The predicted molar refractivity (Wildman–Crippen MR) is 65.1 cm³/mol. The van der Waals surface area contributed by atoms with Crippen LogP contribution >= 0.6 is 0 Å². The van der Waals surface area contributed by atoms with E-state index in [1.165, 1.54) is 7.11 Å². The average molecular weight is 247 g/mol. The van der Waals surface area contributed by atoms with Gasteiger partial charge in [0, 0.05) is 16.9 Å². The van der Waals surface area contributed by atoms with E-state index in [-0.39, 0.29) is 18.3 Å². The van der Waals surface area contributed by atoms with Crippen molar-refractivity contribution in [3.63, 3.8) is 0 Å². The first-order chi connectivity index (χ1) is 8.67. The monoisotopic (exact) mass is 247 g/mol. The highest BCUT2D eigenvalue weighted by molar-refractivity contribution is 5.97. The number of carbonyl (C=O) groups is 2. The number of aryl methyl sites for hydroxylation is 1. The molecular formula is C12H13N3O3. The van der Waals surface area contributed by atoms with E-state index in [1.54, 1.807) is 24.3 Å². The molecule has 0 saturated heterocycles. The third-order valence-electron chi connectivity index (χ3n) is 2.40. The number of rotatable bonds is 6. The molecule has 0 amide bonds. The molecule has 0 saturated carbocycles. The van der Waals surface area contributed by atoms with E-state index >= 15 is 0 Å². The molecule has 0 aliphatic carbocycles. The summed E-state index contributed by atoms with van der Waals surface area (Å²) in [4.78, 5) is 25.0. The Labute approximate surface area is 104 Å². The molecule has 18 heavy (non-hydrogen) atoms. The molecule has 1 aromatic carbocycles. The molecule has 0 heterocycles. The normalized spacial score (nSPS) is 9.39. The fourth-order valence-electron chi connectivity index (χ4n) is 1.39. The highest BCUT2D eigenvalue weighted by atomic mass is 16.5. The minimum absolute atomic E-state index is 0.183. The maximum Gasteiger partial charge on any atom is 0.305 e. The van der Waals surface area contributed by atoms with Gasteiger partial charge in [0.05, 0.1) is 13.7 Å². The molecule has 0 N–H and O–H groups in total. The summed E-state index contributed by atoms with van der Waals surface area (Å²) in [6.45, 7) is -0.183. The van der Waals surface area contributed by atoms with Crippen LogP contribution in [0.3, 0.4) is 0 Å². The molecule has 6 heteroatoms. The van der Waals surface area contributed by atoms with Gasteiger partial charge in [0.25, 0.3) is 0 Å². The Kier molecular flexibility index (Phi) is 5.41. The number of hydrogen-bond acceptors (Lipinski definition) is 4. The van der Waals surface area contributed by atoms with E-state index in [2.05, 4.69) is 14.8 Å². The molecule has 0 radical (unpaired) electrons. The Balaban J connectivity index is 2.59. The van der Waals surface area contributed by atoms with Crippen LogP contribution in [0.1, 0.15) is 22.3 Å². The summed E-state index contributed by atoms with van der Waals surface area (Å²) in [5.74, 6) is -0.495. The minimum Gasteiger partial charge on any atom is -0.469 e. The number of nitrogens with zero attached hydrogens (tertiary/aromatic N) is 3. The van der Waals surface area contributed by atoms with Gasteiger partial charge in [-0.05, 0) is 17.5 Å². The van der Waals surface area contributed by atoms with Gasteiger partial charge in [-0.15, -0.1) is 0 Å². The van der Waals surface area contributed by atoms with Gasteiger partial charge >= 0.3 is 5.97 Å². The number of Topliss-reactive ketones (excluding diaryl/α,β-unsaturated/α-hetero) is 1. The molecule has 1 rings (SSSR count). The molecule has 0 aliphatic rings. The lowest BCUT2D eigenvalue weighted by Gasteiger charge is -2.02. The van der Waals surface area contributed by atoms with Crippen molar-refractivity contribution < 1.29 is 14.3 Å². The second-order valence-electron chi connectivity index (χ2n) is 3.59. The maximum atomic E-state index is 11.5. The fourth-order valence-corrected chi connectivity index (χ4v) is 1.39. The van der Waals surface area contributed by atoms with Gasteiger partial charge in [-0.1, -0.05) is 29.4 Å². The molecule has 0 atom stereocenters. The zero-order chi connectivity index (χ0) is 13.4. The standard InChI is InChI=1S/C12H13N3O3/c1-18-12(17)7-4-9-2-5-10(6-3-9)11(16)8-14-15-13/h2-3,5-6H,4,7-8H2,1H3. The molecule has 0 fully saturated rings. The van der Waals surface area contributed by atoms with Crippen molar-refractivity contribution in [3.05, 3.63) is 45.8 Å². The first-order valence-corrected chi connectivity index (χ1v) is 5.37. The lowest BCUT2D eigenvalue weighted by atomic mass is 10.1. The van der Waals surface area contributed by atoms with Crippen LogP contribution in [0.4, 0.5) is 0 Å². The molecule has 0 bridgehead atoms. The molecule has 0 aromatic heterocycles. The number of ketones is 1. The number of azide groups is 1. The number of methoxy groups -OCH3 is 1. The number of carbonyl (C=O) groups excluding carboxylic acids is 2. The minimum atomic E-state index is -0.265. The maximum absolute atomic E-state index is 11.5. The summed E-state index contributed by atoms with van der Waals surface area (Å²) in [5, 5.41) is 3.21. The molecule has 6 nitrogen and oxygen atoms in total. The summed E-state index contributed by atoms with van der Waals surface area (Å²) in [6.07, 6.45) is 0.875. The first kappa shape index (κ1) is 13.7. The largest absolute Gasteiger partial charge is 0.469 e. The predicted octanol–water partition coefficient (Wildman–Crippen LogP) is 2.29. The van der Waals surface area contributed by atoms with Crippen molar-refractivity contribution in [1.29, 1.82) is 0 Å². The van der Waals surface area contributed by atoms with Crippen LogP contribution < -0.4 is 0 Å². The average Bonchev–Trinajstić information content (AvgIpc) is 2.42. The molecule has 0 unspecified atom stereocenters. The summed E-state index contributed by atoms with van der Waals surface area (Å²) in [7, 11) is 1.35. The third-order valence-corrected chi connectivity index (χ3v) is 2.40. The van der Waals surface area contributed by atoms with Gasteiger partial charge in [0.15, 0.2) is 5.78 Å². The second-order valence-corrected chi connectivity index (χ2v) is 3.59. The van der Waals surface area contributed by atoms with Crippen LogP contribution in [-0.2, 0) is 16.0 Å². The van der Waals surface area contributed by atoms with Gasteiger partial charge in [0.1, 0.15) is 0 Å². The fraction of sp³-hybridized carbons (Fsp3) is 0.333. The lowest BCUT2D eigenvalue weighted by molar-refractivity contribution is -0.140. The van der Waals surface area contributed by atoms with E-state index in [1.807, 2.05) is 0 Å². The van der Waals surface area contributed by atoms with Gasteiger partial charge in [0.2, 0.25) is 0 Å². The van der Waals surface area contributed by atoms with Crippen LogP contribution in [0.5, 0.6) is 0 Å². The second kappa shape index (κ2) is 7.09. The summed E-state index contributed by atoms with van der Waals surface area (Å²) in [6, 6.07) is 6.85. The third kappa shape index (κ3) is 4.27.